The second-order valence-electron chi connectivity index (χ2n) is 5.57. The van der Waals surface area contributed by atoms with Crippen molar-refractivity contribution in [3.63, 3.8) is 0 Å². The fraction of sp³-hybridized carbons (Fsp3) is 0.533. The molecule has 3 rings (SSSR count). The van der Waals surface area contributed by atoms with E-state index in [1.807, 2.05) is 18.4 Å². The SMILES string of the molecule is CCN1CCN(C(=O)N2CCC(c3cccs3)C2)C(=O)C1=O. The predicted molar refractivity (Wildman–Crippen MR) is 82.6 cm³/mol. The molecule has 0 spiro atoms. The Morgan fingerprint density at radius 1 is 1.27 bits per heavy atom. The van der Waals surface area contributed by atoms with Gasteiger partial charge in [-0.1, -0.05) is 6.07 Å². The Bertz CT molecular complexity index is 587. The maximum absolute atomic E-state index is 12.5. The zero-order valence-corrected chi connectivity index (χ0v) is 13.3. The van der Waals surface area contributed by atoms with Crippen LogP contribution in [0.2, 0.25) is 0 Å². The van der Waals surface area contributed by atoms with E-state index < -0.39 is 11.8 Å². The van der Waals surface area contributed by atoms with Crippen LogP contribution in [0.15, 0.2) is 17.5 Å². The first-order chi connectivity index (χ1) is 10.6. The second-order valence-corrected chi connectivity index (χ2v) is 6.55. The highest BCUT2D eigenvalue weighted by Crippen LogP contribution is 2.30. The second kappa shape index (κ2) is 6.08. The van der Waals surface area contributed by atoms with Gasteiger partial charge in [-0.05, 0) is 24.8 Å². The highest BCUT2D eigenvalue weighted by molar-refractivity contribution is 7.10. The Labute approximate surface area is 133 Å². The Morgan fingerprint density at radius 2 is 2.09 bits per heavy atom. The molecule has 3 heterocycles. The lowest BCUT2D eigenvalue weighted by atomic mass is 10.1. The number of likely N-dealkylation sites (N-methyl/N-ethyl adjacent to an activating group) is 1. The molecule has 1 aromatic heterocycles. The van der Waals surface area contributed by atoms with Gasteiger partial charge in [0.15, 0.2) is 0 Å². The van der Waals surface area contributed by atoms with Crippen molar-refractivity contribution < 1.29 is 14.4 Å². The number of hydrogen-bond acceptors (Lipinski definition) is 4. The molecule has 0 N–H and O–H groups in total. The third kappa shape index (κ3) is 2.61. The number of carbonyl (C=O) groups is 3. The van der Waals surface area contributed by atoms with Crippen molar-refractivity contribution in [3.05, 3.63) is 22.4 Å². The predicted octanol–water partition coefficient (Wildman–Crippen LogP) is 1.35. The van der Waals surface area contributed by atoms with Crippen molar-refractivity contribution in [2.45, 2.75) is 19.3 Å². The number of hydrogen-bond donors (Lipinski definition) is 0. The molecular weight excluding hydrogens is 302 g/mol. The summed E-state index contributed by atoms with van der Waals surface area (Å²) in [7, 11) is 0. The summed E-state index contributed by atoms with van der Waals surface area (Å²) in [5.41, 5.74) is 0. The number of rotatable bonds is 2. The van der Waals surface area contributed by atoms with E-state index in [-0.39, 0.29) is 12.6 Å². The van der Waals surface area contributed by atoms with Crippen molar-refractivity contribution in [2.75, 3.05) is 32.7 Å². The molecule has 0 radical (unpaired) electrons. The lowest BCUT2D eigenvalue weighted by Crippen LogP contribution is -2.58. The Balaban J connectivity index is 1.65. The van der Waals surface area contributed by atoms with Crippen molar-refractivity contribution >= 4 is 29.2 Å². The van der Waals surface area contributed by atoms with E-state index >= 15 is 0 Å². The summed E-state index contributed by atoms with van der Waals surface area (Å²) in [6.07, 6.45) is 0.906. The minimum atomic E-state index is -0.697. The zero-order chi connectivity index (χ0) is 15.7. The van der Waals surface area contributed by atoms with Gasteiger partial charge in [0.1, 0.15) is 0 Å². The first kappa shape index (κ1) is 15.0. The molecule has 0 bridgehead atoms. The van der Waals surface area contributed by atoms with Crippen LogP contribution >= 0.6 is 11.3 Å². The average Bonchev–Trinajstić information content (AvgIpc) is 3.20. The van der Waals surface area contributed by atoms with E-state index in [0.717, 1.165) is 11.3 Å². The molecule has 0 aromatic carbocycles. The molecule has 1 unspecified atom stereocenters. The van der Waals surface area contributed by atoms with Crippen molar-refractivity contribution in [1.82, 2.24) is 14.7 Å². The molecule has 2 fully saturated rings. The van der Waals surface area contributed by atoms with E-state index in [9.17, 15) is 14.4 Å². The summed E-state index contributed by atoms with van der Waals surface area (Å²) in [4.78, 5) is 42.1. The van der Waals surface area contributed by atoms with Gasteiger partial charge in [-0.3, -0.25) is 14.5 Å². The Morgan fingerprint density at radius 3 is 2.77 bits per heavy atom. The summed E-state index contributed by atoms with van der Waals surface area (Å²) in [5.74, 6) is -0.930. The Kier molecular flexibility index (Phi) is 4.15. The van der Waals surface area contributed by atoms with Crippen LogP contribution in [0.1, 0.15) is 24.1 Å². The molecule has 1 aromatic rings. The minimum absolute atomic E-state index is 0.289. The van der Waals surface area contributed by atoms with E-state index in [1.165, 1.54) is 9.78 Å². The maximum Gasteiger partial charge on any atom is 0.327 e. The topological polar surface area (TPSA) is 60.9 Å². The summed E-state index contributed by atoms with van der Waals surface area (Å²) in [6.45, 7) is 4.30. The van der Waals surface area contributed by atoms with Crippen molar-refractivity contribution in [3.8, 4) is 0 Å². The molecule has 1 atom stereocenters. The van der Waals surface area contributed by atoms with Gasteiger partial charge >= 0.3 is 17.8 Å². The van der Waals surface area contributed by atoms with Gasteiger partial charge in [-0.2, -0.15) is 0 Å². The average molecular weight is 321 g/mol. The summed E-state index contributed by atoms with van der Waals surface area (Å²) in [5, 5.41) is 2.03. The van der Waals surface area contributed by atoms with Crippen LogP contribution < -0.4 is 0 Å². The number of piperazine rings is 1. The van der Waals surface area contributed by atoms with Crippen LogP contribution in [-0.4, -0.2) is 65.3 Å². The lowest BCUT2D eigenvalue weighted by Gasteiger charge is -2.33. The zero-order valence-electron chi connectivity index (χ0n) is 12.5. The molecule has 2 aliphatic heterocycles. The van der Waals surface area contributed by atoms with Gasteiger partial charge in [0.05, 0.1) is 0 Å². The molecule has 7 heteroatoms. The number of likely N-dealkylation sites (tertiary alicyclic amines) is 1. The molecule has 0 saturated carbocycles. The van der Waals surface area contributed by atoms with Crippen LogP contribution in [0.25, 0.3) is 0 Å². The van der Waals surface area contributed by atoms with Gasteiger partial charge in [0, 0.05) is 43.5 Å². The number of amides is 4. The van der Waals surface area contributed by atoms with Gasteiger partial charge in [0.25, 0.3) is 0 Å². The third-order valence-electron chi connectivity index (χ3n) is 4.33. The van der Waals surface area contributed by atoms with Gasteiger partial charge in [-0.25, -0.2) is 4.79 Å². The summed E-state index contributed by atoms with van der Waals surface area (Å²) in [6, 6.07) is 3.77. The third-order valence-corrected chi connectivity index (χ3v) is 5.36. The van der Waals surface area contributed by atoms with Gasteiger partial charge < -0.3 is 9.80 Å². The first-order valence-corrected chi connectivity index (χ1v) is 8.43. The molecule has 6 nitrogen and oxygen atoms in total. The number of carbonyl (C=O) groups excluding carboxylic acids is 3. The van der Waals surface area contributed by atoms with Crippen LogP contribution in [-0.2, 0) is 9.59 Å². The van der Waals surface area contributed by atoms with E-state index in [0.29, 0.717) is 32.1 Å². The molecule has 2 aliphatic rings. The number of thiophene rings is 1. The summed E-state index contributed by atoms with van der Waals surface area (Å²) < 4.78 is 0. The Hall–Kier alpha value is -1.89. The fourth-order valence-electron chi connectivity index (χ4n) is 3.02. The molecule has 2 saturated heterocycles. The van der Waals surface area contributed by atoms with Gasteiger partial charge in [-0.15, -0.1) is 11.3 Å². The monoisotopic (exact) mass is 321 g/mol. The normalized spacial score (nSPS) is 22.6. The van der Waals surface area contributed by atoms with Crippen LogP contribution in [0.3, 0.4) is 0 Å². The van der Waals surface area contributed by atoms with Crippen molar-refractivity contribution in [1.29, 1.82) is 0 Å². The molecule has 0 aliphatic carbocycles. The fourth-order valence-corrected chi connectivity index (χ4v) is 3.88. The smallest absolute Gasteiger partial charge is 0.327 e. The van der Waals surface area contributed by atoms with Crippen molar-refractivity contribution in [2.24, 2.45) is 0 Å². The highest BCUT2D eigenvalue weighted by Gasteiger charge is 2.39. The van der Waals surface area contributed by atoms with E-state index in [1.54, 1.807) is 16.2 Å². The lowest BCUT2D eigenvalue weighted by molar-refractivity contribution is -0.153. The maximum atomic E-state index is 12.5. The quantitative estimate of drug-likeness (QED) is 0.773. The largest absolute Gasteiger partial charge is 0.333 e. The van der Waals surface area contributed by atoms with Crippen LogP contribution in [0.4, 0.5) is 4.79 Å². The van der Waals surface area contributed by atoms with E-state index in [4.69, 9.17) is 0 Å². The molecule has 4 amide bonds. The first-order valence-electron chi connectivity index (χ1n) is 7.55. The highest BCUT2D eigenvalue weighted by atomic mass is 32.1. The number of urea groups is 1. The van der Waals surface area contributed by atoms with Crippen LogP contribution in [0, 0.1) is 0 Å². The van der Waals surface area contributed by atoms with Crippen LogP contribution in [0.5, 0.6) is 0 Å². The number of imide groups is 1. The minimum Gasteiger partial charge on any atom is -0.333 e. The van der Waals surface area contributed by atoms with Gasteiger partial charge in [0.2, 0.25) is 0 Å². The van der Waals surface area contributed by atoms with E-state index in [2.05, 4.69) is 6.07 Å². The standard InChI is InChI=1S/C15H19N3O3S/c1-2-16-7-8-18(14(20)13(16)19)15(21)17-6-5-11(10-17)12-4-3-9-22-12/h3-4,9,11H,2,5-8,10H2,1H3. The summed E-state index contributed by atoms with van der Waals surface area (Å²) >= 11 is 1.69. The molecular formula is C15H19N3O3S. The molecule has 118 valence electrons. The molecule has 22 heavy (non-hydrogen) atoms. The number of nitrogens with zero attached hydrogens (tertiary/aromatic N) is 3.